The molecule has 4 rings (SSSR count). The van der Waals surface area contributed by atoms with Crippen LogP contribution in [0.25, 0.3) is 0 Å². The van der Waals surface area contributed by atoms with Gasteiger partial charge in [-0.25, -0.2) is 0 Å². The van der Waals surface area contributed by atoms with Crippen LogP contribution in [0.1, 0.15) is 120 Å². The molecule has 0 bridgehead atoms. The molecule has 3 aliphatic rings. The van der Waals surface area contributed by atoms with Gasteiger partial charge in [-0.05, 0) is 85.7 Å². The molecule has 0 radical (unpaired) electrons. The number of hydrogen-bond donors (Lipinski definition) is 0. The van der Waals surface area contributed by atoms with E-state index in [4.69, 9.17) is 0 Å². The molecule has 1 atom stereocenters. The van der Waals surface area contributed by atoms with Crippen LogP contribution in [-0.2, 0) is 6.42 Å². The van der Waals surface area contributed by atoms with Crippen LogP contribution in [-0.4, -0.2) is 0 Å². The van der Waals surface area contributed by atoms with E-state index >= 15 is 0 Å². The van der Waals surface area contributed by atoms with Crippen LogP contribution >= 0.6 is 0 Å². The predicted octanol–water partition coefficient (Wildman–Crippen LogP) is 9.25. The highest BCUT2D eigenvalue weighted by Gasteiger charge is 2.27. The maximum Gasteiger partial charge on any atom is -0.0162 e. The van der Waals surface area contributed by atoms with E-state index < -0.39 is 0 Å². The van der Waals surface area contributed by atoms with Gasteiger partial charge in [-0.1, -0.05) is 94.5 Å². The molecule has 1 unspecified atom stereocenters. The molecule has 30 heavy (non-hydrogen) atoms. The minimum Gasteiger partial charge on any atom is -0.103 e. The highest BCUT2D eigenvalue weighted by molar-refractivity contribution is 5.26. The largest absolute Gasteiger partial charge is 0.103 e. The van der Waals surface area contributed by atoms with E-state index in [1.54, 1.807) is 11.1 Å². The summed E-state index contributed by atoms with van der Waals surface area (Å²) in [5.41, 5.74) is 3.18. The first-order valence-electron chi connectivity index (χ1n) is 13.5. The van der Waals surface area contributed by atoms with Crippen LogP contribution < -0.4 is 0 Å². The van der Waals surface area contributed by atoms with Crippen molar-refractivity contribution in [3.8, 4) is 0 Å². The fourth-order valence-corrected chi connectivity index (χ4v) is 7.00. The van der Waals surface area contributed by atoms with Crippen LogP contribution in [0.3, 0.4) is 0 Å². The Morgan fingerprint density at radius 2 is 1.40 bits per heavy atom. The molecule has 0 nitrogen and oxygen atoms in total. The molecule has 1 aromatic rings. The van der Waals surface area contributed by atoms with E-state index in [1.807, 2.05) is 0 Å². The molecule has 0 aliphatic heterocycles. The van der Waals surface area contributed by atoms with E-state index in [1.165, 1.54) is 109 Å². The fraction of sp³-hybridized carbons (Fsp3) is 0.733. The van der Waals surface area contributed by atoms with Gasteiger partial charge in [0.05, 0.1) is 0 Å². The Bertz CT molecular complexity index is 606. The summed E-state index contributed by atoms with van der Waals surface area (Å²) in [6, 6.07) is 9.86. The summed E-state index contributed by atoms with van der Waals surface area (Å²) in [5, 5.41) is 0. The molecule has 0 N–H and O–H groups in total. The maximum absolute atomic E-state index is 4.00. The van der Waals surface area contributed by atoms with Gasteiger partial charge in [0, 0.05) is 0 Å². The first-order valence-corrected chi connectivity index (χ1v) is 13.5. The Balaban J connectivity index is 1.31. The van der Waals surface area contributed by atoms with Gasteiger partial charge in [0.25, 0.3) is 0 Å². The first-order chi connectivity index (χ1) is 14.8. The zero-order chi connectivity index (χ0) is 20.6. The van der Waals surface area contributed by atoms with Crippen molar-refractivity contribution in [2.45, 2.75) is 115 Å². The lowest BCUT2D eigenvalue weighted by molar-refractivity contribution is 0.180. The van der Waals surface area contributed by atoms with E-state index in [0.717, 1.165) is 29.6 Å². The van der Waals surface area contributed by atoms with Gasteiger partial charge >= 0.3 is 0 Å². The van der Waals surface area contributed by atoms with Crippen molar-refractivity contribution in [1.29, 1.82) is 0 Å². The average molecular weight is 407 g/mol. The SMILES string of the molecule is C=CC1CCC(c2ccc(CCC(CC3CCCCC3)C3CCCCC3)cc2)CC1. The molecule has 0 aromatic heterocycles. The molecule has 0 heterocycles. The number of benzene rings is 1. The summed E-state index contributed by atoms with van der Waals surface area (Å²) in [5.74, 6) is 4.61. The van der Waals surface area contributed by atoms with Gasteiger partial charge in [0.1, 0.15) is 0 Å². The maximum atomic E-state index is 4.00. The minimum atomic E-state index is 0.765. The standard InChI is InChI=1S/C30H46/c1-2-24-13-18-28(19-14-24)29-20-15-25(16-21-29)17-22-30(27-11-7-4-8-12-27)23-26-9-5-3-6-10-26/h2,15-16,20-21,24,26-28,30H,1,3-14,17-19,22-23H2. The molecule has 3 saturated carbocycles. The van der Waals surface area contributed by atoms with Gasteiger partial charge in [0.2, 0.25) is 0 Å². The Morgan fingerprint density at radius 1 is 0.767 bits per heavy atom. The third kappa shape index (κ3) is 6.24. The molecule has 0 saturated heterocycles. The fourth-order valence-electron chi connectivity index (χ4n) is 7.00. The van der Waals surface area contributed by atoms with Gasteiger partial charge in [-0.15, -0.1) is 6.58 Å². The van der Waals surface area contributed by atoms with Crippen molar-refractivity contribution in [2.24, 2.45) is 23.7 Å². The van der Waals surface area contributed by atoms with E-state index in [9.17, 15) is 0 Å². The zero-order valence-electron chi connectivity index (χ0n) is 19.5. The highest BCUT2D eigenvalue weighted by Crippen LogP contribution is 2.40. The lowest BCUT2D eigenvalue weighted by Crippen LogP contribution is -2.22. The van der Waals surface area contributed by atoms with Crippen LogP contribution in [0.2, 0.25) is 0 Å². The smallest absolute Gasteiger partial charge is 0.0162 e. The molecule has 3 aliphatic carbocycles. The van der Waals surface area contributed by atoms with Crippen molar-refractivity contribution in [2.75, 3.05) is 0 Å². The molecule has 3 fully saturated rings. The van der Waals surface area contributed by atoms with Gasteiger partial charge < -0.3 is 0 Å². The van der Waals surface area contributed by atoms with Gasteiger partial charge in [-0.2, -0.15) is 0 Å². The molecule has 1 aromatic carbocycles. The number of rotatable bonds is 8. The predicted molar refractivity (Wildman–Crippen MR) is 131 cm³/mol. The molecular weight excluding hydrogens is 360 g/mol. The average Bonchev–Trinajstić information content (AvgIpc) is 2.83. The summed E-state index contributed by atoms with van der Waals surface area (Å²) in [4.78, 5) is 0. The zero-order valence-corrected chi connectivity index (χ0v) is 19.5. The van der Waals surface area contributed by atoms with Crippen LogP contribution in [0.4, 0.5) is 0 Å². The summed E-state index contributed by atoms with van der Waals surface area (Å²) in [6.45, 7) is 4.00. The van der Waals surface area contributed by atoms with Crippen molar-refractivity contribution in [3.63, 3.8) is 0 Å². The number of hydrogen-bond acceptors (Lipinski definition) is 0. The topological polar surface area (TPSA) is 0 Å². The van der Waals surface area contributed by atoms with E-state index in [-0.39, 0.29) is 0 Å². The Kier molecular flexibility index (Phi) is 8.53. The summed E-state index contributed by atoms with van der Waals surface area (Å²) < 4.78 is 0. The molecular formula is C30H46. The van der Waals surface area contributed by atoms with Crippen LogP contribution in [0, 0.1) is 23.7 Å². The molecule has 166 valence electrons. The van der Waals surface area contributed by atoms with Gasteiger partial charge in [0.15, 0.2) is 0 Å². The normalized spacial score (nSPS) is 27.6. The molecule has 0 spiro atoms. The van der Waals surface area contributed by atoms with Gasteiger partial charge in [-0.3, -0.25) is 0 Å². The first kappa shape index (κ1) is 22.2. The number of allylic oxidation sites excluding steroid dienone is 1. The Hall–Kier alpha value is -1.04. The highest BCUT2D eigenvalue weighted by atomic mass is 14.3. The Morgan fingerprint density at radius 3 is 2.03 bits per heavy atom. The summed E-state index contributed by atoms with van der Waals surface area (Å²) in [7, 11) is 0. The van der Waals surface area contributed by atoms with E-state index in [2.05, 4.69) is 36.9 Å². The molecule has 0 heteroatoms. The quantitative estimate of drug-likeness (QED) is 0.377. The second kappa shape index (κ2) is 11.5. The second-order valence-electron chi connectivity index (χ2n) is 11.0. The monoisotopic (exact) mass is 406 g/mol. The summed E-state index contributed by atoms with van der Waals surface area (Å²) in [6.07, 6.45) is 26.9. The lowest BCUT2D eigenvalue weighted by Gasteiger charge is -2.34. The Labute approximate surface area is 186 Å². The van der Waals surface area contributed by atoms with Crippen molar-refractivity contribution in [3.05, 3.63) is 48.0 Å². The van der Waals surface area contributed by atoms with Crippen molar-refractivity contribution >= 4 is 0 Å². The van der Waals surface area contributed by atoms with Crippen LogP contribution in [0.15, 0.2) is 36.9 Å². The molecule has 0 amide bonds. The van der Waals surface area contributed by atoms with Crippen molar-refractivity contribution in [1.82, 2.24) is 0 Å². The van der Waals surface area contributed by atoms with E-state index in [0.29, 0.717) is 0 Å². The van der Waals surface area contributed by atoms with Crippen molar-refractivity contribution < 1.29 is 0 Å². The number of aryl methyl sites for hydroxylation is 1. The minimum absolute atomic E-state index is 0.765. The third-order valence-corrected chi connectivity index (χ3v) is 9.04. The van der Waals surface area contributed by atoms with Crippen LogP contribution in [0.5, 0.6) is 0 Å². The second-order valence-corrected chi connectivity index (χ2v) is 11.0. The lowest BCUT2D eigenvalue weighted by atomic mass is 9.72. The summed E-state index contributed by atoms with van der Waals surface area (Å²) >= 11 is 0. The third-order valence-electron chi connectivity index (χ3n) is 9.04.